The Hall–Kier alpha value is -1.59. The summed E-state index contributed by atoms with van der Waals surface area (Å²) in [4.78, 5) is 10.6. The average molecular weight is 236 g/mol. The molecule has 0 aliphatic rings. The Labute approximate surface area is 88.5 Å². The van der Waals surface area contributed by atoms with Gasteiger partial charge in [0.05, 0.1) is 5.56 Å². The van der Waals surface area contributed by atoms with E-state index in [0.29, 0.717) is 6.07 Å². The Kier molecular flexibility index (Phi) is 3.51. The number of halogens is 4. The molecule has 0 bridgehead atoms. The monoisotopic (exact) mass is 236 g/mol. The van der Waals surface area contributed by atoms with Crippen molar-refractivity contribution in [3.63, 3.8) is 0 Å². The molecule has 1 atom stereocenters. The molecule has 0 saturated carbocycles. The number of rotatable bonds is 3. The van der Waals surface area contributed by atoms with Crippen LogP contribution >= 0.6 is 0 Å². The summed E-state index contributed by atoms with van der Waals surface area (Å²) >= 11 is 0. The molecule has 6 heteroatoms. The third-order valence-corrected chi connectivity index (χ3v) is 2.07. The largest absolute Gasteiger partial charge is 0.481 e. The minimum Gasteiger partial charge on any atom is -0.481 e. The van der Waals surface area contributed by atoms with Crippen LogP contribution < -0.4 is 0 Å². The summed E-state index contributed by atoms with van der Waals surface area (Å²) in [5.74, 6) is -3.04. The molecule has 0 radical (unpaired) electrons. The lowest BCUT2D eigenvalue weighted by atomic mass is 9.98. The van der Waals surface area contributed by atoms with E-state index in [2.05, 4.69) is 0 Å². The van der Waals surface area contributed by atoms with Crippen LogP contribution in [0, 0.1) is 0 Å². The smallest absolute Gasteiger partial charge is 0.416 e. The van der Waals surface area contributed by atoms with Gasteiger partial charge in [-0.1, -0.05) is 18.2 Å². The summed E-state index contributed by atoms with van der Waals surface area (Å²) < 4.78 is 49.2. The average Bonchev–Trinajstić information content (AvgIpc) is 2.17. The SMILES string of the molecule is O=C(O)C(CF)c1cccc(C(F)(F)F)c1. The molecule has 2 nitrogen and oxygen atoms in total. The van der Waals surface area contributed by atoms with Gasteiger partial charge >= 0.3 is 12.1 Å². The van der Waals surface area contributed by atoms with Crippen LogP contribution in [-0.2, 0) is 11.0 Å². The van der Waals surface area contributed by atoms with Crippen molar-refractivity contribution < 1.29 is 27.5 Å². The molecule has 88 valence electrons. The lowest BCUT2D eigenvalue weighted by Crippen LogP contribution is -2.15. The standard InChI is InChI=1S/C10H8F4O2/c11-5-8(9(15)16)6-2-1-3-7(4-6)10(12,13)14/h1-4,8H,5H2,(H,15,16). The zero-order chi connectivity index (χ0) is 12.3. The molecule has 0 aliphatic carbocycles. The van der Waals surface area contributed by atoms with Crippen molar-refractivity contribution in [2.45, 2.75) is 12.1 Å². The number of hydrogen-bond acceptors (Lipinski definition) is 1. The van der Waals surface area contributed by atoms with E-state index in [1.807, 2.05) is 0 Å². The van der Waals surface area contributed by atoms with Gasteiger partial charge < -0.3 is 5.11 Å². The van der Waals surface area contributed by atoms with E-state index in [1.54, 1.807) is 0 Å². The van der Waals surface area contributed by atoms with Crippen LogP contribution in [0.5, 0.6) is 0 Å². The Morgan fingerprint density at radius 2 is 2.00 bits per heavy atom. The first kappa shape index (κ1) is 12.5. The number of aliphatic carboxylic acids is 1. The predicted molar refractivity (Wildman–Crippen MR) is 47.8 cm³/mol. The highest BCUT2D eigenvalue weighted by molar-refractivity contribution is 5.76. The zero-order valence-electron chi connectivity index (χ0n) is 7.96. The fraction of sp³-hybridized carbons (Fsp3) is 0.300. The van der Waals surface area contributed by atoms with Crippen LogP contribution in [0.2, 0.25) is 0 Å². The van der Waals surface area contributed by atoms with E-state index in [-0.39, 0.29) is 5.56 Å². The fourth-order valence-corrected chi connectivity index (χ4v) is 1.23. The van der Waals surface area contributed by atoms with E-state index in [1.165, 1.54) is 0 Å². The van der Waals surface area contributed by atoms with E-state index in [0.717, 1.165) is 18.2 Å². The quantitative estimate of drug-likeness (QED) is 0.819. The summed E-state index contributed by atoms with van der Waals surface area (Å²) in [6, 6.07) is 3.68. The summed E-state index contributed by atoms with van der Waals surface area (Å²) in [6.45, 7) is -1.24. The molecular weight excluding hydrogens is 228 g/mol. The second kappa shape index (κ2) is 4.51. The summed E-state index contributed by atoms with van der Waals surface area (Å²) in [5.41, 5.74) is -1.17. The maximum absolute atomic E-state index is 12.4. The van der Waals surface area contributed by atoms with Crippen LogP contribution in [0.25, 0.3) is 0 Å². The Morgan fingerprint density at radius 3 is 2.44 bits per heavy atom. The van der Waals surface area contributed by atoms with E-state index in [9.17, 15) is 22.4 Å². The van der Waals surface area contributed by atoms with Crippen molar-refractivity contribution in [2.24, 2.45) is 0 Å². The van der Waals surface area contributed by atoms with E-state index < -0.39 is 30.3 Å². The summed E-state index contributed by atoms with van der Waals surface area (Å²) in [7, 11) is 0. The summed E-state index contributed by atoms with van der Waals surface area (Å²) in [5, 5.41) is 8.60. The minimum atomic E-state index is -4.56. The molecule has 1 unspecified atom stereocenters. The number of carboxylic acid groups (broad SMARTS) is 1. The van der Waals surface area contributed by atoms with Crippen LogP contribution in [-0.4, -0.2) is 17.8 Å². The fourth-order valence-electron chi connectivity index (χ4n) is 1.23. The Bertz CT molecular complexity index is 387. The minimum absolute atomic E-state index is 0.190. The highest BCUT2D eigenvalue weighted by atomic mass is 19.4. The van der Waals surface area contributed by atoms with Gasteiger partial charge in [0.2, 0.25) is 0 Å². The van der Waals surface area contributed by atoms with Gasteiger partial charge in [0.1, 0.15) is 12.6 Å². The van der Waals surface area contributed by atoms with Crippen molar-refractivity contribution in [3.05, 3.63) is 35.4 Å². The molecule has 1 aromatic rings. The molecule has 0 fully saturated rings. The molecule has 16 heavy (non-hydrogen) atoms. The van der Waals surface area contributed by atoms with Gasteiger partial charge in [0.25, 0.3) is 0 Å². The number of carbonyl (C=O) groups is 1. The van der Waals surface area contributed by atoms with Crippen molar-refractivity contribution >= 4 is 5.97 Å². The summed E-state index contributed by atoms with van der Waals surface area (Å²) in [6.07, 6.45) is -4.56. The molecule has 1 N–H and O–H groups in total. The number of alkyl halides is 4. The highest BCUT2D eigenvalue weighted by Crippen LogP contribution is 2.31. The molecule has 0 amide bonds. The molecule has 0 aromatic heterocycles. The molecule has 0 saturated heterocycles. The lowest BCUT2D eigenvalue weighted by molar-refractivity contribution is -0.140. The second-order valence-electron chi connectivity index (χ2n) is 3.17. The van der Waals surface area contributed by atoms with Crippen molar-refractivity contribution in [3.8, 4) is 0 Å². The molecule has 0 heterocycles. The third-order valence-electron chi connectivity index (χ3n) is 2.07. The first-order valence-corrected chi connectivity index (χ1v) is 4.32. The normalized spacial score (nSPS) is 13.5. The van der Waals surface area contributed by atoms with Gasteiger partial charge in [0.15, 0.2) is 0 Å². The van der Waals surface area contributed by atoms with Gasteiger partial charge in [-0.2, -0.15) is 13.2 Å². The predicted octanol–water partition coefficient (Wildman–Crippen LogP) is 2.84. The highest BCUT2D eigenvalue weighted by Gasteiger charge is 2.31. The number of hydrogen-bond donors (Lipinski definition) is 1. The topological polar surface area (TPSA) is 37.3 Å². The molecular formula is C10H8F4O2. The maximum Gasteiger partial charge on any atom is 0.416 e. The van der Waals surface area contributed by atoms with E-state index >= 15 is 0 Å². The number of carboxylic acids is 1. The lowest BCUT2D eigenvalue weighted by Gasteiger charge is -2.11. The second-order valence-corrected chi connectivity index (χ2v) is 3.17. The van der Waals surface area contributed by atoms with Crippen LogP contribution in [0.1, 0.15) is 17.0 Å². The first-order chi connectivity index (χ1) is 7.36. The van der Waals surface area contributed by atoms with Crippen molar-refractivity contribution in [1.82, 2.24) is 0 Å². The Morgan fingerprint density at radius 1 is 1.38 bits per heavy atom. The van der Waals surface area contributed by atoms with E-state index in [4.69, 9.17) is 5.11 Å². The molecule has 1 rings (SSSR count). The van der Waals surface area contributed by atoms with Crippen LogP contribution in [0.15, 0.2) is 24.3 Å². The van der Waals surface area contributed by atoms with Crippen LogP contribution in [0.3, 0.4) is 0 Å². The number of benzene rings is 1. The van der Waals surface area contributed by atoms with Gasteiger partial charge in [-0.25, -0.2) is 4.39 Å². The van der Waals surface area contributed by atoms with Gasteiger partial charge in [-0.3, -0.25) is 4.79 Å². The maximum atomic E-state index is 12.4. The van der Waals surface area contributed by atoms with Crippen molar-refractivity contribution in [1.29, 1.82) is 0 Å². The molecule has 1 aromatic carbocycles. The van der Waals surface area contributed by atoms with Crippen LogP contribution in [0.4, 0.5) is 17.6 Å². The van der Waals surface area contributed by atoms with Gasteiger partial charge in [-0.05, 0) is 11.6 Å². The van der Waals surface area contributed by atoms with Gasteiger partial charge in [-0.15, -0.1) is 0 Å². The van der Waals surface area contributed by atoms with Crippen molar-refractivity contribution in [2.75, 3.05) is 6.67 Å². The molecule has 0 aliphatic heterocycles. The molecule has 0 spiro atoms. The first-order valence-electron chi connectivity index (χ1n) is 4.32. The van der Waals surface area contributed by atoms with Gasteiger partial charge in [0, 0.05) is 0 Å². The zero-order valence-corrected chi connectivity index (χ0v) is 7.96. The third kappa shape index (κ3) is 2.71. The Balaban J connectivity index is 3.11.